The van der Waals surface area contributed by atoms with E-state index < -0.39 is 0 Å². The molecular formula is C24H25N3O2. The summed E-state index contributed by atoms with van der Waals surface area (Å²) < 4.78 is 0. The van der Waals surface area contributed by atoms with E-state index >= 15 is 0 Å². The molecule has 0 aliphatic carbocycles. The van der Waals surface area contributed by atoms with Crippen LogP contribution in [-0.4, -0.2) is 16.7 Å². The van der Waals surface area contributed by atoms with Gasteiger partial charge in [0.05, 0.1) is 5.56 Å². The zero-order valence-corrected chi connectivity index (χ0v) is 17.1. The Hall–Kier alpha value is -3.47. The monoisotopic (exact) mass is 387 g/mol. The van der Waals surface area contributed by atoms with Gasteiger partial charge in [0.2, 0.25) is 0 Å². The molecule has 0 aliphatic heterocycles. The first-order valence-electron chi connectivity index (χ1n) is 9.60. The van der Waals surface area contributed by atoms with Crippen LogP contribution in [0.2, 0.25) is 0 Å². The maximum Gasteiger partial charge on any atom is 0.257 e. The third-order valence-corrected chi connectivity index (χ3v) is 4.73. The number of hydrogen-bond acceptors (Lipinski definition) is 4. The van der Waals surface area contributed by atoms with Crippen molar-refractivity contribution in [3.8, 4) is 0 Å². The number of anilines is 3. The highest BCUT2D eigenvalue weighted by molar-refractivity contribution is 6.05. The van der Waals surface area contributed by atoms with Crippen LogP contribution in [0, 0.1) is 6.92 Å². The van der Waals surface area contributed by atoms with Crippen molar-refractivity contribution in [3.63, 3.8) is 0 Å². The minimum atomic E-state index is -0.275. The Labute approximate surface area is 171 Å². The number of aromatic nitrogens is 1. The first-order valence-corrected chi connectivity index (χ1v) is 9.60. The molecule has 3 rings (SSSR count). The van der Waals surface area contributed by atoms with Gasteiger partial charge in [-0.15, -0.1) is 0 Å². The molecule has 0 bridgehead atoms. The number of benzene rings is 2. The standard InChI is InChI=1S/C24H25N3O2/c1-15(2)21-10-5-7-16(3)23(21)27-22-12-11-19(14-25-22)24(29)26-20-9-6-8-18(13-20)17(4)28/h5-15H,1-4H3,(H,25,27)(H,26,29). The number of rotatable bonds is 6. The number of nitrogens with one attached hydrogen (secondary N) is 2. The Bertz CT molecular complexity index is 1040. The number of para-hydroxylation sites is 1. The van der Waals surface area contributed by atoms with Crippen molar-refractivity contribution in [3.05, 3.63) is 83.0 Å². The molecule has 1 amide bonds. The summed E-state index contributed by atoms with van der Waals surface area (Å²) in [5, 5.41) is 6.18. The molecule has 5 nitrogen and oxygen atoms in total. The van der Waals surface area contributed by atoms with Crippen LogP contribution in [0.3, 0.4) is 0 Å². The molecule has 0 fully saturated rings. The lowest BCUT2D eigenvalue weighted by molar-refractivity contribution is 0.101. The van der Waals surface area contributed by atoms with Crippen molar-refractivity contribution in [1.82, 2.24) is 4.98 Å². The highest BCUT2D eigenvalue weighted by Crippen LogP contribution is 2.29. The Morgan fingerprint density at radius 1 is 0.966 bits per heavy atom. The summed E-state index contributed by atoms with van der Waals surface area (Å²) in [6.45, 7) is 7.87. The Kier molecular flexibility index (Phi) is 6.07. The summed E-state index contributed by atoms with van der Waals surface area (Å²) in [7, 11) is 0. The van der Waals surface area contributed by atoms with Gasteiger partial charge in [0.15, 0.2) is 5.78 Å². The van der Waals surface area contributed by atoms with E-state index in [1.54, 1.807) is 42.6 Å². The summed E-state index contributed by atoms with van der Waals surface area (Å²) in [5.74, 6) is 0.739. The van der Waals surface area contributed by atoms with Gasteiger partial charge >= 0.3 is 0 Å². The second-order valence-corrected chi connectivity index (χ2v) is 7.34. The van der Waals surface area contributed by atoms with Gasteiger partial charge < -0.3 is 10.6 Å². The number of hydrogen-bond donors (Lipinski definition) is 2. The number of pyridine rings is 1. The predicted octanol–water partition coefficient (Wildman–Crippen LogP) is 5.71. The predicted molar refractivity (Wildman–Crippen MR) is 117 cm³/mol. The first kappa shape index (κ1) is 20.3. The quantitative estimate of drug-likeness (QED) is 0.531. The second kappa shape index (κ2) is 8.69. The number of nitrogens with zero attached hydrogens (tertiary/aromatic N) is 1. The molecule has 0 atom stereocenters. The molecule has 0 saturated heterocycles. The van der Waals surface area contributed by atoms with Crippen LogP contribution >= 0.6 is 0 Å². The molecule has 5 heteroatoms. The molecule has 0 aliphatic rings. The molecular weight excluding hydrogens is 362 g/mol. The summed E-state index contributed by atoms with van der Waals surface area (Å²) >= 11 is 0. The van der Waals surface area contributed by atoms with E-state index in [1.807, 2.05) is 0 Å². The van der Waals surface area contributed by atoms with Gasteiger partial charge in [0, 0.05) is 23.1 Å². The van der Waals surface area contributed by atoms with Gasteiger partial charge in [-0.3, -0.25) is 9.59 Å². The fourth-order valence-corrected chi connectivity index (χ4v) is 3.09. The van der Waals surface area contributed by atoms with Crippen molar-refractivity contribution >= 4 is 28.9 Å². The fraction of sp³-hybridized carbons (Fsp3) is 0.208. The number of carbonyl (C=O) groups is 2. The van der Waals surface area contributed by atoms with Gasteiger partial charge in [-0.25, -0.2) is 4.98 Å². The van der Waals surface area contributed by atoms with Crippen LogP contribution in [-0.2, 0) is 0 Å². The van der Waals surface area contributed by atoms with Crippen LogP contribution in [0.25, 0.3) is 0 Å². The molecule has 0 radical (unpaired) electrons. The van der Waals surface area contributed by atoms with Crippen LogP contribution in [0.4, 0.5) is 17.2 Å². The SMILES string of the molecule is CC(=O)c1cccc(NC(=O)c2ccc(Nc3c(C)cccc3C(C)C)nc2)c1. The Balaban J connectivity index is 1.75. The third kappa shape index (κ3) is 4.88. The Morgan fingerprint density at radius 2 is 1.72 bits per heavy atom. The molecule has 0 spiro atoms. The minimum Gasteiger partial charge on any atom is -0.340 e. The van der Waals surface area contributed by atoms with Gasteiger partial charge in [-0.2, -0.15) is 0 Å². The largest absolute Gasteiger partial charge is 0.340 e. The van der Waals surface area contributed by atoms with Crippen molar-refractivity contribution in [2.45, 2.75) is 33.6 Å². The minimum absolute atomic E-state index is 0.0461. The van der Waals surface area contributed by atoms with E-state index in [2.05, 4.69) is 54.6 Å². The van der Waals surface area contributed by atoms with Crippen molar-refractivity contribution < 1.29 is 9.59 Å². The molecule has 1 aromatic heterocycles. The van der Waals surface area contributed by atoms with Crippen LogP contribution in [0.5, 0.6) is 0 Å². The number of ketones is 1. The Morgan fingerprint density at radius 3 is 2.38 bits per heavy atom. The van der Waals surface area contributed by atoms with E-state index in [0.717, 1.165) is 11.3 Å². The molecule has 3 aromatic rings. The van der Waals surface area contributed by atoms with Gasteiger partial charge in [-0.05, 0) is 55.2 Å². The van der Waals surface area contributed by atoms with E-state index in [4.69, 9.17) is 0 Å². The lowest BCUT2D eigenvalue weighted by atomic mass is 9.98. The summed E-state index contributed by atoms with van der Waals surface area (Å²) in [6.07, 6.45) is 1.54. The van der Waals surface area contributed by atoms with Crippen LogP contribution in [0.1, 0.15) is 58.5 Å². The van der Waals surface area contributed by atoms with E-state index in [0.29, 0.717) is 28.6 Å². The number of amides is 1. The summed E-state index contributed by atoms with van der Waals surface area (Å²) in [6, 6.07) is 16.6. The summed E-state index contributed by atoms with van der Waals surface area (Å²) in [4.78, 5) is 28.4. The maximum absolute atomic E-state index is 12.5. The maximum atomic E-state index is 12.5. The molecule has 2 N–H and O–H groups in total. The number of aryl methyl sites for hydroxylation is 1. The van der Waals surface area contributed by atoms with Gasteiger partial charge in [0.1, 0.15) is 5.82 Å². The van der Waals surface area contributed by atoms with Crippen LogP contribution in [0.15, 0.2) is 60.8 Å². The lowest BCUT2D eigenvalue weighted by Crippen LogP contribution is -2.13. The molecule has 2 aromatic carbocycles. The van der Waals surface area contributed by atoms with E-state index in [1.165, 1.54) is 12.5 Å². The van der Waals surface area contributed by atoms with Crippen molar-refractivity contribution in [2.24, 2.45) is 0 Å². The first-order chi connectivity index (χ1) is 13.8. The molecule has 0 unspecified atom stereocenters. The average molecular weight is 387 g/mol. The van der Waals surface area contributed by atoms with E-state index in [9.17, 15) is 9.59 Å². The topological polar surface area (TPSA) is 71.1 Å². The number of Topliss-reactive ketones (excluding diaryl/α,β-unsaturated/α-hetero) is 1. The summed E-state index contributed by atoms with van der Waals surface area (Å²) in [5.41, 5.74) is 4.99. The molecule has 1 heterocycles. The zero-order valence-electron chi connectivity index (χ0n) is 17.1. The molecule has 0 saturated carbocycles. The highest BCUT2D eigenvalue weighted by Gasteiger charge is 2.11. The highest BCUT2D eigenvalue weighted by atomic mass is 16.1. The van der Waals surface area contributed by atoms with Crippen molar-refractivity contribution in [2.75, 3.05) is 10.6 Å². The van der Waals surface area contributed by atoms with Crippen molar-refractivity contribution in [1.29, 1.82) is 0 Å². The zero-order chi connectivity index (χ0) is 21.0. The second-order valence-electron chi connectivity index (χ2n) is 7.34. The van der Waals surface area contributed by atoms with Gasteiger partial charge in [-0.1, -0.05) is 44.2 Å². The lowest BCUT2D eigenvalue weighted by Gasteiger charge is -2.17. The van der Waals surface area contributed by atoms with E-state index in [-0.39, 0.29) is 11.7 Å². The normalized spacial score (nSPS) is 10.7. The average Bonchev–Trinajstić information content (AvgIpc) is 2.70. The smallest absolute Gasteiger partial charge is 0.257 e. The third-order valence-electron chi connectivity index (χ3n) is 4.73. The van der Waals surface area contributed by atoms with Gasteiger partial charge in [0.25, 0.3) is 5.91 Å². The van der Waals surface area contributed by atoms with Crippen LogP contribution < -0.4 is 10.6 Å². The fourth-order valence-electron chi connectivity index (χ4n) is 3.09. The number of carbonyl (C=O) groups excluding carboxylic acids is 2. The molecule has 29 heavy (non-hydrogen) atoms. The molecule has 148 valence electrons.